The number of carboxylic acid groups (broad SMARTS) is 1. The molecule has 1 N–H and O–H groups in total. The van der Waals surface area contributed by atoms with E-state index >= 15 is 0 Å². The van der Waals surface area contributed by atoms with Crippen molar-refractivity contribution in [2.45, 2.75) is 18.7 Å². The number of aryl methyl sites for hydroxylation is 2. The van der Waals surface area contributed by atoms with Gasteiger partial charge in [0.2, 0.25) is 0 Å². The maximum Gasteiger partial charge on any atom is 0.324 e. The monoisotopic (exact) mass is 379 g/mol. The summed E-state index contributed by atoms with van der Waals surface area (Å²) in [5, 5.41) is 9.26. The van der Waals surface area contributed by atoms with Crippen molar-refractivity contribution < 1.29 is 27.8 Å². The fourth-order valence-electron chi connectivity index (χ4n) is 2.56. The lowest BCUT2D eigenvalue weighted by molar-refractivity contribution is -0.135. The summed E-state index contributed by atoms with van der Waals surface area (Å²) >= 11 is 0. The number of rotatable bonds is 7. The predicted molar refractivity (Wildman–Crippen MR) is 97.6 cm³/mol. The number of nitrogens with zero attached hydrogens (tertiary/aromatic N) is 1. The summed E-state index contributed by atoms with van der Waals surface area (Å²) in [6, 6.07) is 9.31. The maximum atomic E-state index is 13.2. The molecular weight excluding hydrogens is 358 g/mol. The van der Waals surface area contributed by atoms with Gasteiger partial charge in [-0.1, -0.05) is 6.07 Å². The molecular formula is C18H21NO6S. The van der Waals surface area contributed by atoms with E-state index < -0.39 is 22.5 Å². The molecule has 26 heavy (non-hydrogen) atoms. The van der Waals surface area contributed by atoms with Gasteiger partial charge in [0.15, 0.2) is 0 Å². The van der Waals surface area contributed by atoms with Crippen LogP contribution in [0.15, 0.2) is 41.3 Å². The molecule has 0 aliphatic rings. The summed E-state index contributed by atoms with van der Waals surface area (Å²) in [5.74, 6) is -0.463. The third kappa shape index (κ3) is 3.91. The van der Waals surface area contributed by atoms with Gasteiger partial charge in [0.1, 0.15) is 18.0 Å². The molecule has 0 radical (unpaired) electrons. The minimum atomic E-state index is -4.13. The Morgan fingerprint density at radius 2 is 1.65 bits per heavy atom. The van der Waals surface area contributed by atoms with Crippen molar-refractivity contribution in [2.75, 3.05) is 25.1 Å². The van der Waals surface area contributed by atoms with Crippen molar-refractivity contribution in [3.05, 3.63) is 47.5 Å². The zero-order chi connectivity index (χ0) is 19.5. The normalized spacial score (nSPS) is 11.1. The Morgan fingerprint density at radius 1 is 1.04 bits per heavy atom. The van der Waals surface area contributed by atoms with Crippen molar-refractivity contribution in [2.24, 2.45) is 0 Å². The van der Waals surface area contributed by atoms with E-state index in [4.69, 9.17) is 9.47 Å². The summed E-state index contributed by atoms with van der Waals surface area (Å²) in [6.45, 7) is 2.77. The lowest BCUT2D eigenvalue weighted by Crippen LogP contribution is -2.36. The Balaban J connectivity index is 2.64. The lowest BCUT2D eigenvalue weighted by atomic mass is 10.2. The van der Waals surface area contributed by atoms with Gasteiger partial charge in [0, 0.05) is 0 Å². The topological polar surface area (TPSA) is 93.1 Å². The van der Waals surface area contributed by atoms with Gasteiger partial charge in [-0.2, -0.15) is 0 Å². The fraction of sp³-hybridized carbons (Fsp3) is 0.278. The molecule has 0 fully saturated rings. The summed E-state index contributed by atoms with van der Waals surface area (Å²) < 4.78 is 37.6. The number of benzene rings is 2. The first-order valence-electron chi connectivity index (χ1n) is 7.74. The highest BCUT2D eigenvalue weighted by Gasteiger charge is 2.30. The van der Waals surface area contributed by atoms with E-state index in [-0.39, 0.29) is 16.3 Å². The van der Waals surface area contributed by atoms with Crippen LogP contribution < -0.4 is 13.8 Å². The van der Waals surface area contributed by atoms with Crippen LogP contribution in [0.1, 0.15) is 11.1 Å². The number of hydrogen-bond acceptors (Lipinski definition) is 5. The van der Waals surface area contributed by atoms with Crippen molar-refractivity contribution in [1.29, 1.82) is 0 Å². The Labute approximate surface area is 152 Å². The second-order valence-corrected chi connectivity index (χ2v) is 7.57. The largest absolute Gasteiger partial charge is 0.496 e. The van der Waals surface area contributed by atoms with Crippen LogP contribution >= 0.6 is 0 Å². The van der Waals surface area contributed by atoms with Crippen molar-refractivity contribution in [3.8, 4) is 11.5 Å². The third-order valence-corrected chi connectivity index (χ3v) is 5.59. The molecule has 0 unspecified atom stereocenters. The minimum absolute atomic E-state index is 0.0272. The molecule has 0 aromatic heterocycles. The van der Waals surface area contributed by atoms with E-state index in [0.29, 0.717) is 11.3 Å². The molecule has 0 heterocycles. The first-order valence-corrected chi connectivity index (χ1v) is 9.18. The molecule has 0 bridgehead atoms. The van der Waals surface area contributed by atoms with Gasteiger partial charge < -0.3 is 14.6 Å². The Kier molecular flexibility index (Phi) is 5.76. The molecule has 8 heteroatoms. The molecule has 0 amide bonds. The van der Waals surface area contributed by atoms with Gasteiger partial charge in [-0.25, -0.2) is 8.42 Å². The number of aliphatic carboxylic acids is 1. The number of carboxylic acids is 1. The summed E-state index contributed by atoms with van der Waals surface area (Å²) in [6.07, 6.45) is 0. The van der Waals surface area contributed by atoms with Gasteiger partial charge in [0.05, 0.1) is 24.8 Å². The van der Waals surface area contributed by atoms with Crippen LogP contribution in [0.2, 0.25) is 0 Å². The summed E-state index contributed by atoms with van der Waals surface area (Å²) in [7, 11) is -1.24. The van der Waals surface area contributed by atoms with Crippen LogP contribution in [0, 0.1) is 13.8 Å². The zero-order valence-electron chi connectivity index (χ0n) is 15.0. The van der Waals surface area contributed by atoms with Crippen LogP contribution in [0.4, 0.5) is 5.69 Å². The first kappa shape index (κ1) is 19.6. The molecule has 0 saturated heterocycles. The maximum absolute atomic E-state index is 13.2. The van der Waals surface area contributed by atoms with Gasteiger partial charge in [-0.15, -0.1) is 0 Å². The lowest BCUT2D eigenvalue weighted by Gasteiger charge is -2.25. The Hall–Kier alpha value is -2.74. The van der Waals surface area contributed by atoms with Gasteiger partial charge >= 0.3 is 5.97 Å². The molecule has 2 aromatic carbocycles. The van der Waals surface area contributed by atoms with E-state index in [9.17, 15) is 18.3 Å². The van der Waals surface area contributed by atoms with E-state index in [2.05, 4.69) is 0 Å². The molecule has 0 saturated carbocycles. The average Bonchev–Trinajstić information content (AvgIpc) is 2.59. The second-order valence-electron chi connectivity index (χ2n) is 5.71. The highest BCUT2D eigenvalue weighted by molar-refractivity contribution is 7.92. The number of sulfonamides is 1. The van der Waals surface area contributed by atoms with Gasteiger partial charge in [0.25, 0.3) is 10.0 Å². The van der Waals surface area contributed by atoms with Crippen LogP contribution in [-0.2, 0) is 14.8 Å². The number of methoxy groups -OCH3 is 2. The highest BCUT2D eigenvalue weighted by atomic mass is 32.2. The average molecular weight is 379 g/mol. The van der Waals surface area contributed by atoms with Crippen LogP contribution in [-0.4, -0.2) is 40.3 Å². The van der Waals surface area contributed by atoms with Crippen molar-refractivity contribution in [3.63, 3.8) is 0 Å². The molecule has 0 aliphatic carbocycles. The number of hydrogen-bond donors (Lipinski definition) is 1. The van der Waals surface area contributed by atoms with E-state index in [1.54, 1.807) is 32.0 Å². The van der Waals surface area contributed by atoms with E-state index in [0.717, 1.165) is 9.87 Å². The van der Waals surface area contributed by atoms with Crippen molar-refractivity contribution in [1.82, 2.24) is 0 Å². The van der Waals surface area contributed by atoms with E-state index in [1.807, 2.05) is 0 Å². The smallest absolute Gasteiger partial charge is 0.324 e. The number of carbonyl (C=O) groups is 1. The molecule has 0 spiro atoms. The summed E-state index contributed by atoms with van der Waals surface area (Å²) in [4.78, 5) is 11.3. The summed E-state index contributed by atoms with van der Waals surface area (Å²) in [5.41, 5.74) is 1.57. The number of ether oxygens (including phenoxy) is 2. The van der Waals surface area contributed by atoms with Gasteiger partial charge in [-0.05, 0) is 55.3 Å². The third-order valence-electron chi connectivity index (χ3n) is 3.84. The minimum Gasteiger partial charge on any atom is -0.496 e. The molecule has 0 aliphatic heterocycles. The van der Waals surface area contributed by atoms with Crippen LogP contribution in [0.25, 0.3) is 0 Å². The quantitative estimate of drug-likeness (QED) is 0.795. The zero-order valence-corrected chi connectivity index (χ0v) is 15.8. The first-order chi connectivity index (χ1) is 12.2. The van der Waals surface area contributed by atoms with E-state index in [1.165, 1.54) is 32.4 Å². The van der Waals surface area contributed by atoms with Crippen molar-refractivity contribution >= 4 is 21.7 Å². The fourth-order valence-corrected chi connectivity index (χ4v) is 4.06. The Morgan fingerprint density at radius 3 is 2.19 bits per heavy atom. The highest BCUT2D eigenvalue weighted by Crippen LogP contribution is 2.34. The SMILES string of the molecule is COc1ccc(S(=O)(=O)N(CC(=O)O)c2cc(C)ccc2OC)cc1C. The Bertz CT molecular complexity index is 923. The van der Waals surface area contributed by atoms with Gasteiger partial charge in [-0.3, -0.25) is 9.10 Å². The standard InChI is InChI=1S/C18H21NO6S/c1-12-5-7-17(25-4)15(9-12)19(11-18(20)21)26(22,23)14-6-8-16(24-3)13(2)10-14/h5-10H,11H2,1-4H3,(H,20,21). The van der Waals surface area contributed by atoms with Crippen LogP contribution in [0.3, 0.4) is 0 Å². The number of anilines is 1. The molecule has 2 rings (SSSR count). The second kappa shape index (κ2) is 7.65. The molecule has 2 aromatic rings. The van der Waals surface area contributed by atoms with Crippen LogP contribution in [0.5, 0.6) is 11.5 Å². The molecule has 0 atom stereocenters. The molecule has 140 valence electrons. The predicted octanol–water partition coefficient (Wildman–Crippen LogP) is 2.60. The molecule has 7 nitrogen and oxygen atoms in total.